The van der Waals surface area contributed by atoms with Gasteiger partial charge in [-0.1, -0.05) is 36.4 Å². The maximum absolute atomic E-state index is 12.2. The van der Waals surface area contributed by atoms with Gasteiger partial charge in [0.25, 0.3) is 0 Å². The zero-order valence-corrected chi connectivity index (χ0v) is 17.8. The van der Waals surface area contributed by atoms with Crippen molar-refractivity contribution in [2.75, 3.05) is 19.6 Å². The quantitative estimate of drug-likeness (QED) is 0.715. The molecular formula is C24H34N2O2. The minimum Gasteiger partial charge on any atom is -0.444 e. The molecule has 1 spiro atoms. The van der Waals surface area contributed by atoms with Crippen LogP contribution in [0.5, 0.6) is 0 Å². The van der Waals surface area contributed by atoms with Crippen molar-refractivity contribution in [3.05, 3.63) is 42.0 Å². The summed E-state index contributed by atoms with van der Waals surface area (Å²) >= 11 is 0. The maximum Gasteiger partial charge on any atom is 0.410 e. The zero-order valence-electron chi connectivity index (χ0n) is 17.8. The number of rotatable bonds is 3. The summed E-state index contributed by atoms with van der Waals surface area (Å²) in [6, 6.07) is 9.93. The Labute approximate surface area is 169 Å². The Hall–Kier alpha value is -1.81. The summed E-state index contributed by atoms with van der Waals surface area (Å²) in [5.41, 5.74) is 3.83. The predicted octanol–water partition coefficient (Wildman–Crippen LogP) is 5.26. The summed E-state index contributed by atoms with van der Waals surface area (Å²) in [6.07, 6.45) is 4.76. The first-order valence-corrected chi connectivity index (χ1v) is 10.7. The lowest BCUT2D eigenvalue weighted by Crippen LogP contribution is -2.67. The Morgan fingerprint density at radius 2 is 1.89 bits per heavy atom. The molecule has 152 valence electrons. The summed E-state index contributed by atoms with van der Waals surface area (Å²) in [4.78, 5) is 16.8. The molecular weight excluding hydrogens is 348 g/mol. The van der Waals surface area contributed by atoms with Crippen LogP contribution in [0.2, 0.25) is 0 Å². The molecule has 1 amide bonds. The molecule has 2 heterocycles. The van der Waals surface area contributed by atoms with E-state index >= 15 is 0 Å². The van der Waals surface area contributed by atoms with Crippen molar-refractivity contribution in [1.82, 2.24) is 9.80 Å². The number of ether oxygens (including phenoxy) is 1. The molecule has 2 aliphatic heterocycles. The van der Waals surface area contributed by atoms with Crippen molar-refractivity contribution in [2.45, 2.75) is 71.1 Å². The van der Waals surface area contributed by atoms with E-state index in [1.54, 1.807) is 0 Å². The molecule has 4 nitrogen and oxygen atoms in total. The van der Waals surface area contributed by atoms with Gasteiger partial charge >= 0.3 is 6.09 Å². The maximum atomic E-state index is 12.2. The van der Waals surface area contributed by atoms with E-state index in [0.717, 1.165) is 18.7 Å². The highest BCUT2D eigenvalue weighted by molar-refractivity contribution is 5.69. The Kier molecular flexibility index (Phi) is 4.81. The monoisotopic (exact) mass is 382 g/mol. The van der Waals surface area contributed by atoms with E-state index in [-0.39, 0.29) is 6.09 Å². The minimum absolute atomic E-state index is 0.156. The van der Waals surface area contributed by atoms with Crippen LogP contribution in [0.3, 0.4) is 0 Å². The molecule has 2 saturated heterocycles. The Balaban J connectivity index is 1.36. The van der Waals surface area contributed by atoms with E-state index in [2.05, 4.69) is 42.7 Å². The normalized spacial score (nSPS) is 24.7. The van der Waals surface area contributed by atoms with Crippen LogP contribution < -0.4 is 0 Å². The highest BCUT2D eigenvalue weighted by Gasteiger charge is 2.56. The third-order valence-electron chi connectivity index (χ3n) is 6.58. The molecule has 1 aliphatic carbocycles. The smallest absolute Gasteiger partial charge is 0.410 e. The van der Waals surface area contributed by atoms with Crippen LogP contribution in [0.25, 0.3) is 5.57 Å². The summed E-state index contributed by atoms with van der Waals surface area (Å²) in [6.45, 7) is 15.0. The molecule has 3 fully saturated rings. The number of likely N-dealkylation sites (tertiary alicyclic amines) is 2. The standard InChI is InChI=1S/C24H34N2O2/c1-17(2)19-9-6-7-10-20(19)21-11-8-12-26(21)18-13-24(14-18)15-25(16-24)22(27)28-23(3,4)5/h6-7,9-10,18,21H,1,8,11-16H2,2-5H3/t21-/m0/s1. The average molecular weight is 383 g/mol. The third-order valence-corrected chi connectivity index (χ3v) is 6.58. The molecule has 4 heteroatoms. The van der Waals surface area contributed by atoms with E-state index in [9.17, 15) is 4.79 Å². The first-order valence-electron chi connectivity index (χ1n) is 10.7. The Bertz CT molecular complexity index is 765. The van der Waals surface area contributed by atoms with Gasteiger partial charge in [-0.25, -0.2) is 4.79 Å². The lowest BCUT2D eigenvalue weighted by atomic mass is 9.60. The average Bonchev–Trinajstić information content (AvgIpc) is 2.99. The van der Waals surface area contributed by atoms with E-state index in [1.807, 2.05) is 25.7 Å². The molecule has 0 aromatic heterocycles. The molecule has 1 aromatic carbocycles. The van der Waals surface area contributed by atoms with Crippen LogP contribution in [0.1, 0.15) is 70.5 Å². The first-order chi connectivity index (χ1) is 13.2. The van der Waals surface area contributed by atoms with Crippen molar-refractivity contribution < 1.29 is 9.53 Å². The summed E-state index contributed by atoms with van der Waals surface area (Å²) < 4.78 is 5.51. The highest BCUT2D eigenvalue weighted by Crippen LogP contribution is 2.53. The molecule has 3 aliphatic rings. The summed E-state index contributed by atoms with van der Waals surface area (Å²) in [5.74, 6) is 0. The van der Waals surface area contributed by atoms with Gasteiger partial charge in [0.2, 0.25) is 0 Å². The predicted molar refractivity (Wildman–Crippen MR) is 113 cm³/mol. The van der Waals surface area contributed by atoms with Crippen molar-refractivity contribution in [2.24, 2.45) is 5.41 Å². The minimum atomic E-state index is -0.415. The van der Waals surface area contributed by atoms with Gasteiger partial charge < -0.3 is 9.64 Å². The van der Waals surface area contributed by atoms with Crippen LogP contribution >= 0.6 is 0 Å². The fourth-order valence-corrected chi connectivity index (χ4v) is 5.39. The van der Waals surface area contributed by atoms with Crippen molar-refractivity contribution in [1.29, 1.82) is 0 Å². The van der Waals surface area contributed by atoms with Gasteiger partial charge in [0, 0.05) is 30.6 Å². The van der Waals surface area contributed by atoms with E-state index < -0.39 is 5.60 Å². The van der Waals surface area contributed by atoms with E-state index in [4.69, 9.17) is 4.74 Å². The summed E-state index contributed by atoms with van der Waals surface area (Å²) in [5, 5.41) is 0. The number of nitrogens with zero attached hydrogens (tertiary/aromatic N) is 2. The molecule has 1 saturated carbocycles. The Morgan fingerprint density at radius 3 is 2.54 bits per heavy atom. The van der Waals surface area contributed by atoms with Crippen molar-refractivity contribution in [3.8, 4) is 0 Å². The second kappa shape index (κ2) is 6.91. The van der Waals surface area contributed by atoms with Gasteiger partial charge in [-0.15, -0.1) is 0 Å². The third kappa shape index (κ3) is 3.59. The number of hydrogen-bond acceptors (Lipinski definition) is 3. The fraction of sp³-hybridized carbons (Fsp3) is 0.625. The highest BCUT2D eigenvalue weighted by atomic mass is 16.6. The summed E-state index contributed by atoms with van der Waals surface area (Å²) in [7, 11) is 0. The van der Waals surface area contributed by atoms with E-state index in [0.29, 0.717) is 17.5 Å². The van der Waals surface area contributed by atoms with Crippen LogP contribution in [0.4, 0.5) is 4.79 Å². The van der Waals surface area contributed by atoms with Gasteiger partial charge in [0.05, 0.1) is 0 Å². The van der Waals surface area contributed by atoms with Gasteiger partial charge in [-0.05, 0) is 71.0 Å². The molecule has 28 heavy (non-hydrogen) atoms. The first kappa shape index (κ1) is 19.5. The second-order valence-electron chi connectivity index (χ2n) is 10.2. The fourth-order valence-electron chi connectivity index (χ4n) is 5.39. The Morgan fingerprint density at radius 1 is 1.21 bits per heavy atom. The topological polar surface area (TPSA) is 32.8 Å². The van der Waals surface area contributed by atoms with Crippen LogP contribution in [-0.4, -0.2) is 47.2 Å². The lowest BCUT2D eigenvalue weighted by Gasteiger charge is -2.61. The zero-order chi connectivity index (χ0) is 20.1. The van der Waals surface area contributed by atoms with Crippen LogP contribution in [-0.2, 0) is 4.74 Å². The second-order valence-corrected chi connectivity index (χ2v) is 10.2. The molecule has 0 bridgehead atoms. The van der Waals surface area contributed by atoms with Gasteiger partial charge in [0.1, 0.15) is 5.60 Å². The number of carbonyl (C=O) groups excluding carboxylic acids is 1. The van der Waals surface area contributed by atoms with Crippen molar-refractivity contribution >= 4 is 11.7 Å². The molecule has 4 rings (SSSR count). The molecule has 0 N–H and O–H groups in total. The van der Waals surface area contributed by atoms with Gasteiger partial charge in [-0.3, -0.25) is 4.90 Å². The number of hydrogen-bond donors (Lipinski definition) is 0. The van der Waals surface area contributed by atoms with Crippen molar-refractivity contribution in [3.63, 3.8) is 0 Å². The lowest BCUT2D eigenvalue weighted by molar-refractivity contribution is -0.110. The van der Waals surface area contributed by atoms with Gasteiger partial charge in [0.15, 0.2) is 0 Å². The molecule has 1 aromatic rings. The number of carbonyl (C=O) groups is 1. The van der Waals surface area contributed by atoms with Crippen LogP contribution in [0.15, 0.2) is 30.8 Å². The van der Waals surface area contributed by atoms with Gasteiger partial charge in [-0.2, -0.15) is 0 Å². The number of allylic oxidation sites excluding steroid dienone is 1. The largest absolute Gasteiger partial charge is 0.444 e. The number of benzene rings is 1. The molecule has 1 atom stereocenters. The van der Waals surface area contributed by atoms with Crippen LogP contribution in [0, 0.1) is 5.41 Å². The number of amides is 1. The molecule has 0 radical (unpaired) electrons. The molecule has 0 unspecified atom stereocenters. The SMILES string of the molecule is C=C(C)c1ccccc1[C@@H]1CCCN1C1CC2(C1)CN(C(=O)OC(C)(C)C)C2. The van der Waals surface area contributed by atoms with E-state index in [1.165, 1.54) is 43.4 Å².